The second kappa shape index (κ2) is 8.76. The molecule has 7 heteroatoms. The number of nitrogens with one attached hydrogen (secondary N) is 1. The fraction of sp³-hybridized carbons (Fsp3) is 0.759. The molecule has 3 heterocycles. The van der Waals surface area contributed by atoms with Gasteiger partial charge in [-0.1, -0.05) is 12.5 Å². The van der Waals surface area contributed by atoms with Crippen LogP contribution in [0.1, 0.15) is 68.9 Å². The lowest BCUT2D eigenvalue weighted by atomic mass is 9.43. The first kappa shape index (κ1) is 25.3. The molecule has 1 aromatic carbocycles. The first-order chi connectivity index (χ1) is 16.6. The van der Waals surface area contributed by atoms with Gasteiger partial charge in [-0.3, -0.25) is 9.69 Å². The summed E-state index contributed by atoms with van der Waals surface area (Å²) in [6, 6.07) is 7.37. The topological polar surface area (TPSA) is 55.8 Å². The molecule has 1 aromatic rings. The van der Waals surface area contributed by atoms with E-state index in [0.29, 0.717) is 41.0 Å². The smallest absolute Gasteiger partial charge is 0.239 e. The van der Waals surface area contributed by atoms with E-state index in [1.807, 2.05) is 6.07 Å². The van der Waals surface area contributed by atoms with Crippen LogP contribution in [0.25, 0.3) is 0 Å². The molecule has 0 radical (unpaired) electrons. The van der Waals surface area contributed by atoms with Crippen LogP contribution in [0.4, 0.5) is 0 Å². The van der Waals surface area contributed by atoms with E-state index in [1.54, 1.807) is 0 Å². The van der Waals surface area contributed by atoms with E-state index >= 15 is 0 Å². The number of rotatable bonds is 3. The second-order valence-electron chi connectivity index (χ2n) is 13.0. The molecule has 36 heavy (non-hydrogen) atoms. The number of likely N-dealkylation sites (tertiary alicyclic amines) is 2. The zero-order chi connectivity index (χ0) is 22.7. The maximum Gasteiger partial charge on any atom is 0.239 e. The lowest BCUT2D eigenvalue weighted by Crippen LogP contribution is -2.70. The van der Waals surface area contributed by atoms with Gasteiger partial charge < -0.3 is 15.3 Å². The Balaban J connectivity index is 0.00000120. The quantitative estimate of drug-likeness (QED) is 0.608. The van der Waals surface area contributed by atoms with Crippen LogP contribution in [-0.4, -0.2) is 65.1 Å². The summed E-state index contributed by atoms with van der Waals surface area (Å²) < 4.78 is 0. The number of halogens is 2. The molecule has 8 rings (SSSR count). The molecule has 3 saturated carbocycles. The third-order valence-corrected chi connectivity index (χ3v) is 11.7. The fourth-order valence-corrected chi connectivity index (χ4v) is 10.5. The zero-order valence-corrected chi connectivity index (χ0v) is 22.8. The number of carbonyl (C=O) groups excluding carboxylic acids is 1. The van der Waals surface area contributed by atoms with Crippen molar-refractivity contribution in [1.82, 2.24) is 15.1 Å². The monoisotopic (exact) mass is 533 g/mol. The van der Waals surface area contributed by atoms with Crippen molar-refractivity contribution in [3.63, 3.8) is 0 Å². The maximum absolute atomic E-state index is 13.7. The van der Waals surface area contributed by atoms with Gasteiger partial charge >= 0.3 is 0 Å². The van der Waals surface area contributed by atoms with Gasteiger partial charge in [0, 0.05) is 30.6 Å². The molecule has 3 saturated heterocycles. The molecule has 6 fully saturated rings. The van der Waals surface area contributed by atoms with Gasteiger partial charge in [0.15, 0.2) is 0 Å². The Morgan fingerprint density at radius 1 is 1.11 bits per heavy atom. The number of piperidine rings is 2. The largest absolute Gasteiger partial charge is 0.508 e. The highest BCUT2D eigenvalue weighted by atomic mass is 35.5. The zero-order valence-electron chi connectivity index (χ0n) is 21.2. The van der Waals surface area contributed by atoms with E-state index in [-0.39, 0.29) is 36.3 Å². The number of amides is 1. The van der Waals surface area contributed by atoms with Gasteiger partial charge in [0.25, 0.3) is 0 Å². The van der Waals surface area contributed by atoms with Gasteiger partial charge in [-0.15, -0.1) is 24.8 Å². The normalized spacial score (nSPS) is 42.1. The Kier molecular flexibility index (Phi) is 6.15. The van der Waals surface area contributed by atoms with Crippen LogP contribution in [0.3, 0.4) is 0 Å². The second-order valence-corrected chi connectivity index (χ2v) is 13.0. The van der Waals surface area contributed by atoms with Crippen molar-refractivity contribution in [2.45, 2.75) is 87.7 Å². The van der Waals surface area contributed by atoms with Crippen LogP contribution in [-0.2, 0) is 16.6 Å². The van der Waals surface area contributed by atoms with Crippen molar-refractivity contribution in [1.29, 1.82) is 0 Å². The average molecular weight is 535 g/mol. The first-order valence-electron chi connectivity index (χ1n) is 14.2. The summed E-state index contributed by atoms with van der Waals surface area (Å²) in [7, 11) is 0. The lowest BCUT2D eigenvalue weighted by molar-refractivity contribution is -0.142. The minimum Gasteiger partial charge on any atom is -0.508 e. The third kappa shape index (κ3) is 3.18. The van der Waals surface area contributed by atoms with E-state index in [1.165, 1.54) is 75.6 Å². The first-order valence-corrected chi connectivity index (χ1v) is 14.2. The van der Waals surface area contributed by atoms with Crippen molar-refractivity contribution < 1.29 is 9.90 Å². The Morgan fingerprint density at radius 3 is 2.75 bits per heavy atom. The van der Waals surface area contributed by atoms with Crippen molar-refractivity contribution in [2.75, 3.05) is 26.2 Å². The molecule has 6 unspecified atom stereocenters. The minimum absolute atomic E-state index is 0. The highest BCUT2D eigenvalue weighted by molar-refractivity contribution is 5.85. The number of benzene rings is 1. The number of phenols is 1. The summed E-state index contributed by atoms with van der Waals surface area (Å²) in [5.74, 6) is 2.94. The van der Waals surface area contributed by atoms with Crippen molar-refractivity contribution in [2.24, 2.45) is 23.2 Å². The standard InChI is InChI=1S/C29H39N3O2.2ClH/c33-21-7-6-19-13-25-28-9-8-24-26(20(15-28)17-32(24)27(34)23-3-1-2-11-30-23)29(28,22(19)14-21)10-12-31(25)16-18-4-5-18;;/h6-7,14,18,20,23-26,30,33H,1-5,8-13,15-17H2;2*1H/t20-,23?,24?,25?,26?,28?,29?;;/m1../s1. The summed E-state index contributed by atoms with van der Waals surface area (Å²) in [6.07, 6.45) is 12.3. The van der Waals surface area contributed by atoms with Gasteiger partial charge in [-0.2, -0.15) is 0 Å². The highest BCUT2D eigenvalue weighted by Gasteiger charge is 2.76. The maximum atomic E-state index is 13.7. The van der Waals surface area contributed by atoms with Gasteiger partial charge in [0.05, 0.1) is 6.04 Å². The Hall–Kier alpha value is -1.01. The molecule has 7 atom stereocenters. The summed E-state index contributed by atoms with van der Waals surface area (Å²) in [5, 5.41) is 14.2. The van der Waals surface area contributed by atoms with Crippen LogP contribution in [0, 0.1) is 23.2 Å². The SMILES string of the molecule is Cl.Cl.O=C(C1CCCCN1)N1C[C@H]2CC34CCC1C2C31CCN(CC2CC2)C4Cc2ccc(O)cc21. The van der Waals surface area contributed by atoms with Gasteiger partial charge in [-0.25, -0.2) is 0 Å². The van der Waals surface area contributed by atoms with Crippen molar-refractivity contribution >= 4 is 30.7 Å². The van der Waals surface area contributed by atoms with Crippen molar-refractivity contribution in [3.05, 3.63) is 29.3 Å². The van der Waals surface area contributed by atoms with Crippen LogP contribution in [0.15, 0.2) is 18.2 Å². The lowest BCUT2D eigenvalue weighted by Gasteiger charge is -2.66. The van der Waals surface area contributed by atoms with E-state index in [9.17, 15) is 9.90 Å². The Morgan fingerprint density at radius 2 is 1.97 bits per heavy atom. The van der Waals surface area contributed by atoms with E-state index in [4.69, 9.17) is 0 Å². The van der Waals surface area contributed by atoms with Gasteiger partial charge in [0.1, 0.15) is 5.75 Å². The number of hydrogen-bond acceptors (Lipinski definition) is 4. The molecule has 4 bridgehead atoms. The Labute approximate surface area is 227 Å². The van der Waals surface area contributed by atoms with Crippen LogP contribution < -0.4 is 5.32 Å². The third-order valence-electron chi connectivity index (χ3n) is 11.7. The number of hydrogen-bond donors (Lipinski definition) is 2. The number of phenolic OH excluding ortho intramolecular Hbond substituents is 1. The molecule has 0 spiro atoms. The summed E-state index contributed by atoms with van der Waals surface area (Å²) >= 11 is 0. The Bertz CT molecular complexity index is 1040. The van der Waals surface area contributed by atoms with E-state index < -0.39 is 0 Å². The average Bonchev–Trinajstić information content (AvgIpc) is 3.55. The molecule has 7 aliphatic rings. The molecule has 5 nitrogen and oxygen atoms in total. The molecule has 4 aliphatic carbocycles. The van der Waals surface area contributed by atoms with Crippen LogP contribution in [0.5, 0.6) is 5.75 Å². The van der Waals surface area contributed by atoms with Gasteiger partial charge in [0.2, 0.25) is 5.91 Å². The molecular formula is C29H41Cl2N3O2. The minimum atomic E-state index is 0. The highest BCUT2D eigenvalue weighted by Crippen LogP contribution is 2.75. The summed E-state index contributed by atoms with van der Waals surface area (Å²) in [4.78, 5) is 19.0. The number of carbonyl (C=O) groups is 1. The molecule has 0 aromatic heterocycles. The predicted molar refractivity (Wildman–Crippen MR) is 145 cm³/mol. The number of aromatic hydroxyl groups is 1. The summed E-state index contributed by atoms with van der Waals surface area (Å²) in [5.41, 5.74) is 3.44. The number of nitrogens with zero attached hydrogens (tertiary/aromatic N) is 2. The van der Waals surface area contributed by atoms with Crippen LogP contribution in [0.2, 0.25) is 0 Å². The molecular weight excluding hydrogens is 493 g/mol. The molecule has 198 valence electrons. The molecule has 3 aliphatic heterocycles. The molecule has 2 N–H and O–H groups in total. The van der Waals surface area contributed by atoms with E-state index in [2.05, 4.69) is 27.2 Å². The van der Waals surface area contributed by atoms with Gasteiger partial charge in [-0.05, 0) is 117 Å². The molecule has 1 amide bonds. The number of fused-ring (bicyclic) bond motifs is 1. The van der Waals surface area contributed by atoms with E-state index in [0.717, 1.165) is 31.8 Å². The van der Waals surface area contributed by atoms with Crippen LogP contribution >= 0.6 is 24.8 Å². The predicted octanol–water partition coefficient (Wildman–Crippen LogP) is 4.28. The van der Waals surface area contributed by atoms with Crippen molar-refractivity contribution in [3.8, 4) is 5.75 Å². The summed E-state index contributed by atoms with van der Waals surface area (Å²) in [6.45, 7) is 4.46. The fourth-order valence-electron chi connectivity index (χ4n) is 10.5.